The van der Waals surface area contributed by atoms with Crippen molar-refractivity contribution >= 4 is 17.5 Å². The minimum atomic E-state index is -4.29. The van der Waals surface area contributed by atoms with Gasteiger partial charge in [-0.3, -0.25) is 4.99 Å². The summed E-state index contributed by atoms with van der Waals surface area (Å²) >= 11 is 0.773. The molecule has 0 aromatic heterocycles. The van der Waals surface area contributed by atoms with E-state index in [9.17, 15) is 13.2 Å². The average Bonchev–Trinajstić information content (AvgIpc) is 2.26. The number of fused-ring (bicyclic) bond motifs is 1. The maximum Gasteiger partial charge on any atom is 0.420 e. The van der Waals surface area contributed by atoms with Gasteiger partial charge in [-0.2, -0.15) is 13.2 Å². The van der Waals surface area contributed by atoms with E-state index in [4.69, 9.17) is 0 Å². The maximum absolute atomic E-state index is 12.7. The second-order valence-corrected chi connectivity index (χ2v) is 5.30. The molecule has 0 fully saturated rings. The summed E-state index contributed by atoms with van der Waals surface area (Å²) < 4.78 is 38.2. The van der Waals surface area contributed by atoms with E-state index in [1.165, 1.54) is 0 Å². The molecule has 17 heavy (non-hydrogen) atoms. The molecule has 1 aliphatic rings. The third-order valence-corrected chi connectivity index (χ3v) is 3.69. The number of aliphatic imine (C=N–C) groups is 1. The van der Waals surface area contributed by atoms with Crippen LogP contribution < -0.4 is 0 Å². The van der Waals surface area contributed by atoms with Crippen LogP contribution in [0.3, 0.4) is 0 Å². The molecular weight excluding hydrogens is 247 g/mol. The van der Waals surface area contributed by atoms with Crippen molar-refractivity contribution in [2.45, 2.75) is 30.3 Å². The van der Waals surface area contributed by atoms with Gasteiger partial charge >= 0.3 is 6.18 Å². The van der Waals surface area contributed by atoms with Gasteiger partial charge in [0.15, 0.2) is 5.37 Å². The van der Waals surface area contributed by atoms with E-state index >= 15 is 0 Å². The highest BCUT2D eigenvalue weighted by Crippen LogP contribution is 2.41. The zero-order valence-corrected chi connectivity index (χ0v) is 10.3. The second kappa shape index (κ2) is 4.37. The van der Waals surface area contributed by atoms with Crippen LogP contribution in [0.15, 0.2) is 34.2 Å². The van der Waals surface area contributed by atoms with Crippen LogP contribution in [0.25, 0.3) is 0 Å². The Balaban J connectivity index is 2.48. The summed E-state index contributed by atoms with van der Waals surface area (Å²) in [4.78, 5) is 4.51. The minimum absolute atomic E-state index is 0.0121. The van der Waals surface area contributed by atoms with Crippen LogP contribution in [-0.4, -0.2) is 17.3 Å². The van der Waals surface area contributed by atoms with E-state index in [0.29, 0.717) is 10.6 Å². The second-order valence-electron chi connectivity index (χ2n) is 4.18. The highest BCUT2D eigenvalue weighted by molar-refractivity contribution is 8.00. The Morgan fingerprint density at radius 3 is 2.47 bits per heavy atom. The Hall–Kier alpha value is -0.970. The number of halogens is 3. The lowest BCUT2D eigenvalue weighted by atomic mass is 9.99. The van der Waals surface area contributed by atoms with Crippen molar-refractivity contribution in [1.29, 1.82) is 0 Å². The molecule has 0 saturated heterocycles. The normalized spacial score (nSPS) is 20.1. The summed E-state index contributed by atoms with van der Waals surface area (Å²) in [6, 6.07) is 7.12. The van der Waals surface area contributed by atoms with Gasteiger partial charge in [-0.05, 0) is 12.0 Å². The first-order valence-corrected chi connectivity index (χ1v) is 6.18. The average molecular weight is 259 g/mol. The standard InChI is InChI=1S/C12H12F3NS/c1-7(2)10-8-5-3-4-6-9(8)17-11(16-10)12(13,14)15/h3-7,11H,1-2H3. The molecule has 0 bridgehead atoms. The van der Waals surface area contributed by atoms with Crippen molar-refractivity contribution in [1.82, 2.24) is 0 Å². The number of thioether (sulfide) groups is 1. The smallest absolute Gasteiger partial charge is 0.265 e. The van der Waals surface area contributed by atoms with Crippen molar-refractivity contribution in [2.24, 2.45) is 10.9 Å². The SMILES string of the molecule is CC(C)C1=NC(C(F)(F)F)Sc2ccccc21. The van der Waals surface area contributed by atoms with E-state index in [2.05, 4.69) is 4.99 Å². The van der Waals surface area contributed by atoms with Gasteiger partial charge in [-0.1, -0.05) is 43.8 Å². The summed E-state index contributed by atoms with van der Waals surface area (Å²) in [6.45, 7) is 3.72. The lowest BCUT2D eigenvalue weighted by molar-refractivity contribution is -0.127. The molecule has 1 atom stereocenters. The number of hydrogen-bond donors (Lipinski definition) is 0. The predicted molar refractivity (Wildman–Crippen MR) is 63.5 cm³/mol. The summed E-state index contributed by atoms with van der Waals surface area (Å²) in [5, 5.41) is -1.67. The molecule has 5 heteroatoms. The Kier molecular flexibility index (Phi) is 3.21. The quantitative estimate of drug-likeness (QED) is 0.738. The lowest BCUT2D eigenvalue weighted by Crippen LogP contribution is -2.29. The van der Waals surface area contributed by atoms with Crippen molar-refractivity contribution in [3.8, 4) is 0 Å². The zero-order valence-electron chi connectivity index (χ0n) is 9.45. The number of rotatable bonds is 1. The van der Waals surface area contributed by atoms with Crippen LogP contribution in [0.2, 0.25) is 0 Å². The fraction of sp³-hybridized carbons (Fsp3) is 0.417. The Morgan fingerprint density at radius 1 is 1.24 bits per heavy atom. The topological polar surface area (TPSA) is 12.4 Å². The van der Waals surface area contributed by atoms with E-state index in [1.54, 1.807) is 12.1 Å². The molecule has 1 nitrogen and oxygen atoms in total. The number of alkyl halides is 3. The lowest BCUT2D eigenvalue weighted by Gasteiger charge is -2.26. The van der Waals surface area contributed by atoms with Crippen LogP contribution >= 0.6 is 11.8 Å². The van der Waals surface area contributed by atoms with Gasteiger partial charge in [0.1, 0.15) is 0 Å². The molecule has 0 amide bonds. The Bertz CT molecular complexity index is 451. The van der Waals surface area contributed by atoms with E-state index < -0.39 is 11.6 Å². The van der Waals surface area contributed by atoms with Gasteiger partial charge in [0.2, 0.25) is 0 Å². The van der Waals surface area contributed by atoms with E-state index in [-0.39, 0.29) is 5.92 Å². The minimum Gasteiger partial charge on any atom is -0.265 e. The van der Waals surface area contributed by atoms with Crippen LogP contribution in [0.4, 0.5) is 13.2 Å². The van der Waals surface area contributed by atoms with Crippen LogP contribution in [0.1, 0.15) is 19.4 Å². The maximum atomic E-state index is 12.7. The van der Waals surface area contributed by atoms with Crippen molar-refractivity contribution in [2.75, 3.05) is 0 Å². The first kappa shape index (κ1) is 12.5. The molecule has 0 saturated carbocycles. The molecule has 0 spiro atoms. The fourth-order valence-corrected chi connectivity index (χ4v) is 2.72. The molecule has 1 heterocycles. The predicted octanol–water partition coefficient (Wildman–Crippen LogP) is 4.13. The molecular formula is C12H12F3NS. The van der Waals surface area contributed by atoms with Crippen molar-refractivity contribution in [3.63, 3.8) is 0 Å². The number of nitrogens with zero attached hydrogens (tertiary/aromatic N) is 1. The van der Waals surface area contributed by atoms with E-state index in [1.807, 2.05) is 26.0 Å². The Morgan fingerprint density at radius 2 is 1.88 bits per heavy atom. The van der Waals surface area contributed by atoms with Crippen molar-refractivity contribution in [3.05, 3.63) is 29.8 Å². The molecule has 1 aromatic carbocycles. The molecule has 0 radical (unpaired) electrons. The van der Waals surface area contributed by atoms with Crippen LogP contribution in [0, 0.1) is 5.92 Å². The number of benzene rings is 1. The first-order valence-electron chi connectivity index (χ1n) is 5.30. The summed E-state index contributed by atoms with van der Waals surface area (Å²) in [5.74, 6) is -0.0121. The van der Waals surface area contributed by atoms with Crippen LogP contribution in [0.5, 0.6) is 0 Å². The van der Waals surface area contributed by atoms with Gasteiger partial charge in [-0.25, -0.2) is 0 Å². The molecule has 2 rings (SSSR count). The Labute approximate surface area is 102 Å². The third kappa shape index (κ3) is 2.49. The molecule has 0 aliphatic carbocycles. The van der Waals surface area contributed by atoms with Gasteiger partial charge < -0.3 is 0 Å². The zero-order chi connectivity index (χ0) is 12.6. The van der Waals surface area contributed by atoms with Gasteiger partial charge in [0, 0.05) is 16.2 Å². The monoisotopic (exact) mass is 259 g/mol. The summed E-state index contributed by atoms with van der Waals surface area (Å²) in [6.07, 6.45) is -4.29. The fourth-order valence-electron chi connectivity index (χ4n) is 1.72. The first-order chi connectivity index (χ1) is 7.89. The summed E-state index contributed by atoms with van der Waals surface area (Å²) in [5.41, 5.74) is 1.37. The molecule has 0 N–H and O–H groups in total. The molecule has 92 valence electrons. The number of hydrogen-bond acceptors (Lipinski definition) is 2. The van der Waals surface area contributed by atoms with Gasteiger partial charge in [0.25, 0.3) is 0 Å². The van der Waals surface area contributed by atoms with Gasteiger partial charge in [-0.15, -0.1) is 0 Å². The van der Waals surface area contributed by atoms with E-state index in [0.717, 1.165) is 17.3 Å². The molecule has 1 aromatic rings. The third-order valence-electron chi connectivity index (χ3n) is 2.48. The molecule has 1 unspecified atom stereocenters. The molecule has 1 aliphatic heterocycles. The summed E-state index contributed by atoms with van der Waals surface area (Å²) in [7, 11) is 0. The van der Waals surface area contributed by atoms with Crippen molar-refractivity contribution < 1.29 is 13.2 Å². The van der Waals surface area contributed by atoms with Gasteiger partial charge in [0.05, 0.1) is 0 Å². The highest BCUT2D eigenvalue weighted by atomic mass is 32.2. The van der Waals surface area contributed by atoms with Crippen LogP contribution in [-0.2, 0) is 0 Å². The highest BCUT2D eigenvalue weighted by Gasteiger charge is 2.43. The largest absolute Gasteiger partial charge is 0.420 e.